The van der Waals surface area contributed by atoms with Gasteiger partial charge in [0.1, 0.15) is 0 Å². The summed E-state index contributed by atoms with van der Waals surface area (Å²) in [6.07, 6.45) is 0. The van der Waals surface area contributed by atoms with Gasteiger partial charge in [0.2, 0.25) is 0 Å². The monoisotopic (exact) mass is 210 g/mol. The van der Waals surface area contributed by atoms with Crippen molar-refractivity contribution in [1.82, 2.24) is 0 Å². The van der Waals surface area contributed by atoms with Crippen LogP contribution in [0.5, 0.6) is 0 Å². The minimum Gasteiger partial charge on any atom is -1.00 e. The molecule has 0 atom stereocenters. The van der Waals surface area contributed by atoms with Crippen molar-refractivity contribution in [3.05, 3.63) is 0 Å². The van der Waals surface area contributed by atoms with Gasteiger partial charge in [-0.1, -0.05) is 0 Å². The topological polar surface area (TPSA) is 94.5 Å². The minimum atomic E-state index is 0. The molecule has 3 nitrogen and oxygen atoms in total. The van der Waals surface area contributed by atoms with Crippen LogP contribution in [0.3, 0.4) is 0 Å². The van der Waals surface area contributed by atoms with E-state index in [4.69, 9.17) is 0 Å². The third-order valence-corrected chi connectivity index (χ3v) is 0. The van der Waals surface area contributed by atoms with Crippen molar-refractivity contribution in [1.29, 1.82) is 0 Å². The number of hydrogen-bond donors (Lipinski definition) is 0. The minimum absolute atomic E-state index is 0. The Balaban J connectivity index is 0. The van der Waals surface area contributed by atoms with Gasteiger partial charge in [0.15, 0.2) is 0 Å². The second-order valence-electron chi connectivity index (χ2n) is 0. The molecular formula is H9KMgO3Zr. The van der Waals surface area contributed by atoms with Gasteiger partial charge in [-0.15, -0.1) is 0 Å². The van der Waals surface area contributed by atoms with Crippen molar-refractivity contribution < 1.29 is 98.3 Å². The average Bonchev–Trinajstić information content (AvgIpc) is 0. The van der Waals surface area contributed by atoms with Crippen LogP contribution in [-0.2, 0) is 26.2 Å². The predicted octanol–water partition coefficient (Wildman–Crippen LogP) is -5.52. The second kappa shape index (κ2) is 41.8. The van der Waals surface area contributed by atoms with Crippen LogP contribution in [0, 0.1) is 0 Å². The zero-order valence-corrected chi connectivity index (χ0v) is 10.7. The first-order valence-electron chi connectivity index (χ1n) is 0. The van der Waals surface area contributed by atoms with Crippen LogP contribution >= 0.6 is 0 Å². The summed E-state index contributed by atoms with van der Waals surface area (Å²) in [7, 11) is 0. The zero-order valence-electron chi connectivity index (χ0n) is 6.71. The molecule has 0 rings (SSSR count). The van der Waals surface area contributed by atoms with E-state index < -0.39 is 0 Å². The SMILES string of the molecule is O.O.O.[H-].[H-].[H-].[K+].[Mg+2].[Zr]. The van der Waals surface area contributed by atoms with E-state index >= 15 is 0 Å². The first-order chi connectivity index (χ1) is 0. The Kier molecular flexibility index (Phi) is 425. The Morgan fingerprint density at radius 3 is 0.833 bits per heavy atom. The van der Waals surface area contributed by atoms with Crippen molar-refractivity contribution in [2.24, 2.45) is 0 Å². The molecule has 0 bridgehead atoms. The van der Waals surface area contributed by atoms with E-state index in [1.54, 1.807) is 0 Å². The largest absolute Gasteiger partial charge is 2.00 e. The zero-order chi connectivity index (χ0) is 0. The summed E-state index contributed by atoms with van der Waals surface area (Å²) in [5, 5.41) is 0. The van der Waals surface area contributed by atoms with Gasteiger partial charge in [-0.25, -0.2) is 0 Å². The van der Waals surface area contributed by atoms with E-state index in [2.05, 4.69) is 0 Å². The quantitative estimate of drug-likeness (QED) is 0.358. The van der Waals surface area contributed by atoms with E-state index in [-0.39, 0.29) is 121 Å². The average molecular weight is 212 g/mol. The molecule has 0 saturated heterocycles. The van der Waals surface area contributed by atoms with Crippen LogP contribution in [0.25, 0.3) is 0 Å². The molecule has 0 radical (unpaired) electrons. The fraction of sp³-hybridized carbons (Fsp3) is 0. The van der Waals surface area contributed by atoms with Crippen LogP contribution in [0.2, 0.25) is 0 Å². The van der Waals surface area contributed by atoms with Gasteiger partial charge in [0.05, 0.1) is 0 Å². The van der Waals surface area contributed by atoms with Crippen LogP contribution in [0.15, 0.2) is 0 Å². The molecule has 0 spiro atoms. The molecule has 0 aliphatic carbocycles. The summed E-state index contributed by atoms with van der Waals surface area (Å²) >= 11 is 0. The molecule has 0 amide bonds. The Morgan fingerprint density at radius 1 is 0.833 bits per heavy atom. The number of hydrogen-bond acceptors (Lipinski definition) is 0. The molecule has 6 heavy (non-hydrogen) atoms. The molecular weight excluding hydrogens is 203 g/mol. The van der Waals surface area contributed by atoms with Crippen LogP contribution < -0.4 is 51.4 Å². The molecule has 0 aliphatic rings. The molecule has 0 unspecified atom stereocenters. The predicted molar refractivity (Wildman–Crippen MR) is 19.9 cm³/mol. The first-order valence-corrected chi connectivity index (χ1v) is 0. The van der Waals surface area contributed by atoms with Crippen molar-refractivity contribution in [3.63, 3.8) is 0 Å². The molecule has 0 heterocycles. The summed E-state index contributed by atoms with van der Waals surface area (Å²) in [4.78, 5) is 0. The molecule has 0 aromatic heterocycles. The Labute approximate surface area is 119 Å². The summed E-state index contributed by atoms with van der Waals surface area (Å²) < 4.78 is 0. The Morgan fingerprint density at radius 2 is 0.833 bits per heavy atom. The maximum atomic E-state index is 0. The summed E-state index contributed by atoms with van der Waals surface area (Å²) in [5.41, 5.74) is 0. The van der Waals surface area contributed by atoms with Crippen LogP contribution in [0.1, 0.15) is 4.28 Å². The molecule has 0 aliphatic heterocycles. The molecule has 0 saturated carbocycles. The summed E-state index contributed by atoms with van der Waals surface area (Å²) in [6, 6.07) is 0. The van der Waals surface area contributed by atoms with Crippen molar-refractivity contribution in [2.75, 3.05) is 0 Å². The molecule has 0 aromatic rings. The van der Waals surface area contributed by atoms with E-state index in [1.807, 2.05) is 0 Å². The van der Waals surface area contributed by atoms with E-state index in [0.29, 0.717) is 0 Å². The summed E-state index contributed by atoms with van der Waals surface area (Å²) in [6.45, 7) is 0. The van der Waals surface area contributed by atoms with Gasteiger partial charge in [0, 0.05) is 26.2 Å². The van der Waals surface area contributed by atoms with Crippen molar-refractivity contribution in [2.45, 2.75) is 0 Å². The fourth-order valence-corrected chi connectivity index (χ4v) is 0. The van der Waals surface area contributed by atoms with Gasteiger partial charge in [-0.2, -0.15) is 0 Å². The third kappa shape index (κ3) is 27.2. The Hall–Kier alpha value is 3.17. The maximum absolute atomic E-state index is 0. The van der Waals surface area contributed by atoms with E-state index in [9.17, 15) is 0 Å². The maximum Gasteiger partial charge on any atom is 2.00 e. The van der Waals surface area contributed by atoms with E-state index in [0.717, 1.165) is 0 Å². The molecule has 34 valence electrons. The van der Waals surface area contributed by atoms with Gasteiger partial charge in [0.25, 0.3) is 0 Å². The van der Waals surface area contributed by atoms with Gasteiger partial charge >= 0.3 is 74.4 Å². The fourth-order valence-electron chi connectivity index (χ4n) is 0. The standard InChI is InChI=1S/K.Mg.3H2O.Zr.3H/h;;3*1H2;;;;/q+1;+2;;;;;3*-1. The van der Waals surface area contributed by atoms with Gasteiger partial charge in [-0.3, -0.25) is 0 Å². The normalized spacial score (nSPS) is 0. The molecule has 0 aromatic carbocycles. The Bertz CT molecular complexity index is 19.0. The van der Waals surface area contributed by atoms with Crippen LogP contribution in [-0.4, -0.2) is 39.5 Å². The van der Waals surface area contributed by atoms with Crippen molar-refractivity contribution in [3.8, 4) is 0 Å². The van der Waals surface area contributed by atoms with Crippen LogP contribution in [0.4, 0.5) is 0 Å². The third-order valence-electron chi connectivity index (χ3n) is 0. The molecule has 6 N–H and O–H groups in total. The molecule has 6 heteroatoms. The van der Waals surface area contributed by atoms with Crippen molar-refractivity contribution >= 4 is 23.1 Å². The van der Waals surface area contributed by atoms with E-state index in [1.165, 1.54) is 0 Å². The molecule has 0 fully saturated rings. The smallest absolute Gasteiger partial charge is 1.00 e. The summed E-state index contributed by atoms with van der Waals surface area (Å²) in [5.74, 6) is 0. The second-order valence-corrected chi connectivity index (χ2v) is 0. The van der Waals surface area contributed by atoms with Gasteiger partial charge in [-0.05, 0) is 0 Å². The first kappa shape index (κ1) is 61.0. The van der Waals surface area contributed by atoms with Gasteiger partial charge < -0.3 is 20.7 Å². The number of rotatable bonds is 0.